The minimum absolute atomic E-state index is 0.0288. The first kappa shape index (κ1) is 15.3. The maximum Gasteiger partial charge on any atom is 0.155 e. The van der Waals surface area contributed by atoms with Crippen LogP contribution in [0.4, 0.5) is 0 Å². The highest BCUT2D eigenvalue weighted by molar-refractivity contribution is 5.92. The van der Waals surface area contributed by atoms with E-state index in [1.54, 1.807) is 0 Å². The van der Waals surface area contributed by atoms with Gasteiger partial charge in [0.15, 0.2) is 5.78 Å². The molecule has 0 aromatic carbocycles. The van der Waals surface area contributed by atoms with Crippen molar-refractivity contribution in [1.82, 2.24) is 0 Å². The van der Waals surface area contributed by atoms with E-state index >= 15 is 0 Å². The van der Waals surface area contributed by atoms with Crippen LogP contribution in [0.2, 0.25) is 0 Å². The van der Waals surface area contributed by atoms with Crippen LogP contribution in [0.25, 0.3) is 0 Å². The minimum Gasteiger partial charge on any atom is -0.299 e. The largest absolute Gasteiger partial charge is 0.299 e. The van der Waals surface area contributed by atoms with Crippen LogP contribution in [-0.2, 0) is 9.59 Å². The van der Waals surface area contributed by atoms with Crippen molar-refractivity contribution in [2.75, 3.05) is 0 Å². The summed E-state index contributed by atoms with van der Waals surface area (Å²) in [6.07, 6.45) is 12.1. The lowest BCUT2D eigenvalue weighted by atomic mass is 9.46. The van der Waals surface area contributed by atoms with E-state index in [0.29, 0.717) is 35.2 Å². The van der Waals surface area contributed by atoms with E-state index in [4.69, 9.17) is 0 Å². The Morgan fingerprint density at radius 3 is 2.58 bits per heavy atom. The Kier molecular flexibility index (Phi) is 3.09. The number of hydrogen-bond acceptors (Lipinski definition) is 2. The summed E-state index contributed by atoms with van der Waals surface area (Å²) < 4.78 is 0. The molecule has 0 aromatic rings. The number of rotatable bonds is 0. The molecular formula is C22H30O2. The highest BCUT2D eigenvalue weighted by atomic mass is 16.1. The molecule has 24 heavy (non-hydrogen) atoms. The Morgan fingerprint density at radius 2 is 1.75 bits per heavy atom. The summed E-state index contributed by atoms with van der Waals surface area (Å²) in [6.45, 7) is 4.75. The third-order valence-corrected chi connectivity index (χ3v) is 9.14. The fourth-order valence-corrected chi connectivity index (χ4v) is 8.05. The van der Waals surface area contributed by atoms with E-state index in [1.165, 1.54) is 31.3 Å². The molecule has 4 fully saturated rings. The van der Waals surface area contributed by atoms with Gasteiger partial charge in [-0.25, -0.2) is 0 Å². The van der Waals surface area contributed by atoms with E-state index in [2.05, 4.69) is 13.8 Å². The normalized spacial score (nSPS) is 53.1. The maximum absolute atomic E-state index is 13.2. The predicted octanol–water partition coefficient (Wildman–Crippen LogP) is 4.72. The fourth-order valence-electron chi connectivity index (χ4n) is 8.05. The molecule has 2 heteroatoms. The van der Waals surface area contributed by atoms with Crippen molar-refractivity contribution in [2.24, 2.45) is 40.4 Å². The molecule has 4 saturated carbocycles. The smallest absolute Gasteiger partial charge is 0.155 e. The highest BCUT2D eigenvalue weighted by Gasteiger charge is 2.65. The number of ketones is 2. The van der Waals surface area contributed by atoms with Crippen LogP contribution in [0.5, 0.6) is 0 Å². The van der Waals surface area contributed by atoms with Crippen molar-refractivity contribution < 1.29 is 9.59 Å². The van der Waals surface area contributed by atoms with Crippen molar-refractivity contribution in [3.8, 4) is 0 Å². The van der Waals surface area contributed by atoms with E-state index in [-0.39, 0.29) is 10.8 Å². The van der Waals surface area contributed by atoms with Crippen molar-refractivity contribution in [3.05, 3.63) is 11.6 Å². The third kappa shape index (κ3) is 1.73. The summed E-state index contributed by atoms with van der Waals surface area (Å²) in [4.78, 5) is 25.1. The van der Waals surface area contributed by atoms with Gasteiger partial charge in [0, 0.05) is 17.8 Å². The van der Waals surface area contributed by atoms with Gasteiger partial charge in [-0.15, -0.1) is 0 Å². The van der Waals surface area contributed by atoms with Crippen molar-refractivity contribution in [3.63, 3.8) is 0 Å². The number of hydrogen-bond donors (Lipinski definition) is 0. The quantitative estimate of drug-likeness (QED) is 0.645. The zero-order chi connectivity index (χ0) is 16.7. The van der Waals surface area contributed by atoms with Gasteiger partial charge in [0.05, 0.1) is 0 Å². The van der Waals surface area contributed by atoms with Gasteiger partial charge in [0.1, 0.15) is 5.78 Å². The summed E-state index contributed by atoms with van der Waals surface area (Å²) >= 11 is 0. The molecule has 0 spiro atoms. The number of Topliss-reactive ketones (excluding diaryl/α,β-unsaturated/α-hetero) is 1. The van der Waals surface area contributed by atoms with Crippen LogP contribution >= 0.6 is 0 Å². The second-order valence-corrected chi connectivity index (χ2v) is 9.91. The van der Waals surface area contributed by atoms with Crippen LogP contribution < -0.4 is 0 Å². The lowest BCUT2D eigenvalue weighted by Crippen LogP contribution is -2.51. The Labute approximate surface area is 145 Å². The highest BCUT2D eigenvalue weighted by Crippen LogP contribution is 2.68. The van der Waals surface area contributed by atoms with Crippen LogP contribution in [0.1, 0.15) is 71.6 Å². The second-order valence-electron chi connectivity index (χ2n) is 9.91. The zero-order valence-electron chi connectivity index (χ0n) is 15.1. The monoisotopic (exact) mass is 326 g/mol. The molecule has 130 valence electrons. The van der Waals surface area contributed by atoms with E-state index in [9.17, 15) is 9.59 Å². The number of fused-ring (bicyclic) bond motifs is 7. The molecule has 0 amide bonds. The summed E-state index contributed by atoms with van der Waals surface area (Å²) in [7, 11) is 0. The Hall–Kier alpha value is -0.920. The number of carbonyl (C=O) groups excluding carboxylic acids is 2. The SMILES string of the molecule is C[C@]12CCC(=O)C=C1CCC1C2CC[C@]2(C)C(=O)[C@@H]3CCCC3C12. The van der Waals surface area contributed by atoms with Crippen molar-refractivity contribution in [1.29, 1.82) is 0 Å². The van der Waals surface area contributed by atoms with Crippen LogP contribution in [0.15, 0.2) is 11.6 Å². The molecule has 5 aliphatic rings. The standard InChI is InChI=1S/C22H30O2/c1-21-10-8-14(23)12-13(21)6-7-17-18(21)9-11-22(2)19(17)15-4-3-5-16(15)20(22)24/h12,15-19H,3-11H2,1-2H3/t15?,16-,17?,18?,19?,21+,22+/m1/s1. The third-order valence-electron chi connectivity index (χ3n) is 9.14. The Bertz CT molecular complexity index is 646. The average molecular weight is 326 g/mol. The summed E-state index contributed by atoms with van der Waals surface area (Å²) in [5.41, 5.74) is 1.65. The summed E-state index contributed by atoms with van der Waals surface area (Å²) in [5.74, 6) is 4.08. The van der Waals surface area contributed by atoms with E-state index in [1.807, 2.05) is 6.08 Å². The Morgan fingerprint density at radius 1 is 0.917 bits per heavy atom. The molecule has 0 radical (unpaired) electrons. The van der Waals surface area contributed by atoms with Gasteiger partial charge in [-0.2, -0.15) is 0 Å². The van der Waals surface area contributed by atoms with Crippen LogP contribution in [0.3, 0.4) is 0 Å². The summed E-state index contributed by atoms with van der Waals surface area (Å²) in [5, 5.41) is 0. The molecule has 5 rings (SSSR count). The Balaban J connectivity index is 1.55. The number of carbonyl (C=O) groups is 2. The molecular weight excluding hydrogens is 296 g/mol. The molecule has 2 nitrogen and oxygen atoms in total. The average Bonchev–Trinajstić information content (AvgIpc) is 3.10. The lowest BCUT2D eigenvalue weighted by Gasteiger charge is -2.57. The lowest BCUT2D eigenvalue weighted by molar-refractivity contribution is -0.135. The second kappa shape index (κ2) is 4.83. The van der Waals surface area contributed by atoms with E-state index in [0.717, 1.165) is 38.0 Å². The van der Waals surface area contributed by atoms with Gasteiger partial charge in [-0.1, -0.05) is 25.8 Å². The first-order valence-electron chi connectivity index (χ1n) is 10.2. The maximum atomic E-state index is 13.2. The van der Waals surface area contributed by atoms with Crippen LogP contribution in [0, 0.1) is 40.4 Å². The topological polar surface area (TPSA) is 34.1 Å². The molecule has 0 aliphatic heterocycles. The molecule has 0 heterocycles. The zero-order valence-corrected chi connectivity index (χ0v) is 15.1. The van der Waals surface area contributed by atoms with Crippen molar-refractivity contribution >= 4 is 11.6 Å². The van der Waals surface area contributed by atoms with Gasteiger partial charge in [0.2, 0.25) is 0 Å². The predicted molar refractivity (Wildman–Crippen MR) is 93.3 cm³/mol. The van der Waals surface area contributed by atoms with Gasteiger partial charge in [-0.05, 0) is 80.1 Å². The van der Waals surface area contributed by atoms with E-state index < -0.39 is 0 Å². The van der Waals surface area contributed by atoms with Gasteiger partial charge >= 0.3 is 0 Å². The van der Waals surface area contributed by atoms with Gasteiger partial charge in [0.25, 0.3) is 0 Å². The molecule has 0 saturated heterocycles. The molecule has 0 N–H and O–H groups in total. The molecule has 5 aliphatic carbocycles. The fraction of sp³-hybridized carbons (Fsp3) is 0.818. The van der Waals surface area contributed by atoms with Gasteiger partial charge < -0.3 is 0 Å². The molecule has 0 bridgehead atoms. The first-order chi connectivity index (χ1) is 11.4. The minimum atomic E-state index is -0.0288. The summed E-state index contributed by atoms with van der Waals surface area (Å²) in [6, 6.07) is 0. The first-order valence-corrected chi connectivity index (χ1v) is 10.2. The van der Waals surface area contributed by atoms with Crippen molar-refractivity contribution in [2.45, 2.75) is 71.6 Å². The molecule has 0 aromatic heterocycles. The number of allylic oxidation sites excluding steroid dienone is 1. The van der Waals surface area contributed by atoms with Gasteiger partial charge in [-0.3, -0.25) is 9.59 Å². The molecule has 7 atom stereocenters. The molecule has 4 unspecified atom stereocenters. The van der Waals surface area contributed by atoms with Crippen LogP contribution in [-0.4, -0.2) is 11.6 Å².